The van der Waals surface area contributed by atoms with Crippen LogP contribution in [0.1, 0.15) is 12.8 Å². The molecule has 1 fully saturated rings. The van der Waals surface area contributed by atoms with Crippen molar-refractivity contribution in [2.24, 2.45) is 0 Å². The summed E-state index contributed by atoms with van der Waals surface area (Å²) in [5.41, 5.74) is 0. The van der Waals surface area contributed by atoms with Gasteiger partial charge < -0.3 is 10.2 Å². The molecule has 1 unspecified atom stereocenters. The summed E-state index contributed by atoms with van der Waals surface area (Å²) in [4.78, 5) is 14.0. The summed E-state index contributed by atoms with van der Waals surface area (Å²) in [5.74, 6) is 0. The lowest BCUT2D eigenvalue weighted by Crippen LogP contribution is -2.38. The lowest BCUT2D eigenvalue weighted by atomic mass is 10.1. The van der Waals surface area contributed by atoms with Gasteiger partial charge in [0.2, 0.25) is 0 Å². The molecule has 1 N–H and O–H groups in total. The van der Waals surface area contributed by atoms with Crippen molar-refractivity contribution in [2.45, 2.75) is 18.9 Å². The Morgan fingerprint density at radius 3 is 3.18 bits per heavy atom. The van der Waals surface area contributed by atoms with Gasteiger partial charge in [0.15, 0.2) is 0 Å². The van der Waals surface area contributed by atoms with Gasteiger partial charge in [-0.2, -0.15) is 0 Å². The van der Waals surface area contributed by atoms with Crippen LogP contribution in [0, 0.1) is 16.5 Å². The summed E-state index contributed by atoms with van der Waals surface area (Å²) < 4.78 is 0. The third kappa shape index (κ3) is 3.18. The van der Waals surface area contributed by atoms with Crippen LogP contribution in [0.25, 0.3) is 0 Å². The molecule has 0 amide bonds. The minimum atomic E-state index is -0.750. The SMILES string of the molecule is O=[N+]([O-])OCC1CC[CH]CN1. The predicted molar refractivity (Wildman–Crippen MR) is 38.3 cm³/mol. The van der Waals surface area contributed by atoms with E-state index >= 15 is 0 Å². The van der Waals surface area contributed by atoms with E-state index in [0.29, 0.717) is 0 Å². The van der Waals surface area contributed by atoms with Crippen molar-refractivity contribution in [1.82, 2.24) is 5.32 Å². The fourth-order valence-corrected chi connectivity index (χ4v) is 1.07. The molecule has 0 aromatic rings. The van der Waals surface area contributed by atoms with Gasteiger partial charge in [0.05, 0.1) is 0 Å². The monoisotopic (exact) mass is 159 g/mol. The van der Waals surface area contributed by atoms with E-state index in [2.05, 4.69) is 16.6 Å². The molecule has 0 aliphatic carbocycles. The summed E-state index contributed by atoms with van der Waals surface area (Å²) in [7, 11) is 0. The molecule has 1 aliphatic heterocycles. The highest BCUT2D eigenvalue weighted by atomic mass is 16.9. The Bertz CT molecular complexity index is 134. The van der Waals surface area contributed by atoms with Crippen LogP contribution < -0.4 is 5.32 Å². The van der Waals surface area contributed by atoms with Gasteiger partial charge in [0, 0.05) is 6.04 Å². The fourth-order valence-electron chi connectivity index (χ4n) is 1.07. The molecule has 1 aliphatic rings. The molecule has 0 saturated carbocycles. The summed E-state index contributed by atoms with van der Waals surface area (Å²) in [6.07, 6.45) is 4.05. The van der Waals surface area contributed by atoms with Crippen molar-refractivity contribution in [2.75, 3.05) is 13.2 Å². The second-order valence-corrected chi connectivity index (χ2v) is 2.49. The fraction of sp³-hybridized carbons (Fsp3) is 0.833. The smallest absolute Gasteiger partial charge is 0.294 e. The average molecular weight is 159 g/mol. The lowest BCUT2D eigenvalue weighted by molar-refractivity contribution is -0.758. The van der Waals surface area contributed by atoms with Crippen molar-refractivity contribution >= 4 is 0 Å². The zero-order valence-corrected chi connectivity index (χ0v) is 6.16. The number of hydrogen-bond donors (Lipinski definition) is 1. The Morgan fingerprint density at radius 2 is 2.64 bits per heavy atom. The summed E-state index contributed by atoms with van der Waals surface area (Å²) in [6, 6.07) is 0.144. The highest BCUT2D eigenvalue weighted by Crippen LogP contribution is 2.05. The topological polar surface area (TPSA) is 64.4 Å². The van der Waals surface area contributed by atoms with Crippen LogP contribution in [0.15, 0.2) is 0 Å². The van der Waals surface area contributed by atoms with Crippen molar-refractivity contribution in [3.8, 4) is 0 Å². The molecular weight excluding hydrogens is 148 g/mol. The maximum absolute atomic E-state index is 9.79. The number of piperidine rings is 1. The first-order valence-corrected chi connectivity index (χ1v) is 3.61. The number of hydrogen-bond acceptors (Lipinski definition) is 4. The Morgan fingerprint density at radius 1 is 1.82 bits per heavy atom. The van der Waals surface area contributed by atoms with Gasteiger partial charge in [-0.3, -0.25) is 0 Å². The van der Waals surface area contributed by atoms with E-state index in [1.54, 1.807) is 0 Å². The van der Waals surface area contributed by atoms with Crippen molar-refractivity contribution < 1.29 is 9.92 Å². The number of rotatable bonds is 3. The third-order valence-electron chi connectivity index (χ3n) is 1.65. The van der Waals surface area contributed by atoms with Crippen LogP contribution >= 0.6 is 0 Å². The highest BCUT2D eigenvalue weighted by molar-refractivity contribution is 4.81. The van der Waals surface area contributed by atoms with Gasteiger partial charge in [-0.25, -0.2) is 0 Å². The molecule has 63 valence electrons. The second kappa shape index (κ2) is 4.12. The zero-order chi connectivity index (χ0) is 8.10. The van der Waals surface area contributed by atoms with E-state index in [0.717, 1.165) is 19.4 Å². The minimum absolute atomic E-state index is 0.144. The number of nitrogens with one attached hydrogen (secondary N) is 1. The molecule has 0 aromatic heterocycles. The van der Waals surface area contributed by atoms with E-state index in [4.69, 9.17) is 0 Å². The summed E-state index contributed by atoms with van der Waals surface area (Å²) >= 11 is 0. The van der Waals surface area contributed by atoms with E-state index in [1.165, 1.54) is 0 Å². The summed E-state index contributed by atoms with van der Waals surface area (Å²) in [6.45, 7) is 0.993. The molecule has 1 atom stereocenters. The molecule has 1 radical (unpaired) electrons. The predicted octanol–water partition coefficient (Wildman–Crippen LogP) is 0.151. The van der Waals surface area contributed by atoms with Crippen LogP contribution in [-0.2, 0) is 4.84 Å². The van der Waals surface area contributed by atoms with Gasteiger partial charge in [0.1, 0.15) is 6.61 Å². The van der Waals surface area contributed by atoms with Gasteiger partial charge in [-0.15, -0.1) is 10.1 Å². The van der Waals surface area contributed by atoms with Gasteiger partial charge in [-0.1, -0.05) is 0 Å². The van der Waals surface area contributed by atoms with Crippen molar-refractivity contribution in [1.29, 1.82) is 0 Å². The third-order valence-corrected chi connectivity index (χ3v) is 1.65. The van der Waals surface area contributed by atoms with E-state index < -0.39 is 5.09 Å². The quantitative estimate of drug-likeness (QED) is 0.470. The molecule has 5 nitrogen and oxygen atoms in total. The van der Waals surface area contributed by atoms with E-state index in [-0.39, 0.29) is 12.6 Å². The molecule has 0 aromatic carbocycles. The van der Waals surface area contributed by atoms with Gasteiger partial charge in [-0.05, 0) is 25.8 Å². The Hall–Kier alpha value is -0.840. The molecule has 0 spiro atoms. The zero-order valence-electron chi connectivity index (χ0n) is 6.16. The lowest BCUT2D eigenvalue weighted by Gasteiger charge is -2.21. The average Bonchev–Trinajstić information content (AvgIpc) is 2.03. The van der Waals surface area contributed by atoms with Gasteiger partial charge >= 0.3 is 0 Å². The first kappa shape index (κ1) is 8.26. The van der Waals surface area contributed by atoms with Crippen LogP contribution in [-0.4, -0.2) is 24.3 Å². The number of nitrogens with zero attached hydrogens (tertiary/aromatic N) is 1. The second-order valence-electron chi connectivity index (χ2n) is 2.49. The standard InChI is InChI=1S/C6H11N2O3/c9-8(10)11-5-6-3-1-2-4-7-6/h2,6-7H,1,3-5H2. The largest absolute Gasteiger partial charge is 0.312 e. The van der Waals surface area contributed by atoms with Crippen molar-refractivity contribution in [3.05, 3.63) is 16.5 Å². The Balaban J connectivity index is 2.09. The first-order chi connectivity index (χ1) is 5.29. The van der Waals surface area contributed by atoms with Gasteiger partial charge in [0.25, 0.3) is 5.09 Å². The van der Waals surface area contributed by atoms with Crippen molar-refractivity contribution in [3.63, 3.8) is 0 Å². The first-order valence-electron chi connectivity index (χ1n) is 3.61. The molecule has 1 heterocycles. The van der Waals surface area contributed by atoms with Crippen LogP contribution in [0.4, 0.5) is 0 Å². The molecule has 5 heteroatoms. The Kier molecular flexibility index (Phi) is 3.10. The highest BCUT2D eigenvalue weighted by Gasteiger charge is 2.13. The summed E-state index contributed by atoms with van der Waals surface area (Å²) in [5, 5.41) is 12.1. The van der Waals surface area contributed by atoms with Crippen LogP contribution in [0.5, 0.6) is 0 Å². The normalized spacial score (nSPS) is 24.5. The minimum Gasteiger partial charge on any atom is -0.312 e. The Labute approximate surface area is 64.8 Å². The van der Waals surface area contributed by atoms with Crippen LogP contribution in [0.2, 0.25) is 0 Å². The van der Waals surface area contributed by atoms with E-state index in [1.807, 2.05) is 0 Å². The maximum Gasteiger partial charge on any atom is 0.294 e. The molecule has 1 saturated heterocycles. The molecular formula is C6H11N2O3. The maximum atomic E-state index is 9.79. The van der Waals surface area contributed by atoms with E-state index in [9.17, 15) is 10.1 Å². The molecule has 1 rings (SSSR count). The molecule has 11 heavy (non-hydrogen) atoms. The van der Waals surface area contributed by atoms with Crippen LogP contribution in [0.3, 0.4) is 0 Å². The molecule has 0 bridgehead atoms.